The predicted octanol–water partition coefficient (Wildman–Crippen LogP) is 8.41. The van der Waals surface area contributed by atoms with Crippen LogP contribution in [0.2, 0.25) is 0 Å². The smallest absolute Gasteiger partial charge is 0.123 e. The normalized spacial score (nSPS) is 23.9. The second-order valence-corrected chi connectivity index (χ2v) is 10.9. The largest absolute Gasteiger partial charge is 0.490 e. The molecule has 0 aromatic heterocycles. The van der Waals surface area contributed by atoms with Crippen molar-refractivity contribution in [3.63, 3.8) is 0 Å². The predicted molar refractivity (Wildman–Crippen MR) is 132 cm³/mol. The Bertz CT molecular complexity index is 893. The van der Waals surface area contributed by atoms with Gasteiger partial charge in [0.25, 0.3) is 0 Å². The zero-order valence-electron chi connectivity index (χ0n) is 20.6. The van der Waals surface area contributed by atoms with E-state index < -0.39 is 0 Å². The maximum atomic E-state index is 6.61. The van der Waals surface area contributed by atoms with Gasteiger partial charge in [0.05, 0.1) is 6.10 Å². The Morgan fingerprint density at radius 1 is 0.903 bits per heavy atom. The molecular formula is C30H42O. The lowest BCUT2D eigenvalue weighted by Gasteiger charge is -2.36. The van der Waals surface area contributed by atoms with Gasteiger partial charge < -0.3 is 4.74 Å². The summed E-state index contributed by atoms with van der Waals surface area (Å²) in [7, 11) is 0. The van der Waals surface area contributed by atoms with Gasteiger partial charge in [0, 0.05) is 0 Å². The minimum atomic E-state index is 0.307. The molecule has 1 heterocycles. The van der Waals surface area contributed by atoms with Gasteiger partial charge in [0.2, 0.25) is 0 Å². The van der Waals surface area contributed by atoms with Crippen LogP contribution in [0.3, 0.4) is 0 Å². The Labute approximate surface area is 190 Å². The topological polar surface area (TPSA) is 9.23 Å². The summed E-state index contributed by atoms with van der Waals surface area (Å²) in [5, 5.41) is 0. The molecular weight excluding hydrogens is 376 g/mol. The van der Waals surface area contributed by atoms with E-state index in [9.17, 15) is 0 Å². The second-order valence-electron chi connectivity index (χ2n) is 10.9. The van der Waals surface area contributed by atoms with Crippen LogP contribution in [0.4, 0.5) is 0 Å². The molecule has 0 radical (unpaired) electrons. The number of benzene rings is 2. The molecule has 0 saturated heterocycles. The molecule has 168 valence electrons. The molecule has 31 heavy (non-hydrogen) atoms. The zero-order valence-corrected chi connectivity index (χ0v) is 20.6. The second kappa shape index (κ2) is 9.39. The fourth-order valence-electron chi connectivity index (χ4n) is 6.02. The number of aryl methyl sites for hydroxylation is 2. The molecule has 4 unspecified atom stereocenters. The van der Waals surface area contributed by atoms with Crippen molar-refractivity contribution in [3.05, 3.63) is 64.2 Å². The summed E-state index contributed by atoms with van der Waals surface area (Å²) in [6, 6.07) is 14.3. The fraction of sp³-hybridized carbons (Fsp3) is 0.600. The highest BCUT2D eigenvalue weighted by Gasteiger charge is 2.32. The third-order valence-corrected chi connectivity index (χ3v) is 8.02. The molecule has 4 rings (SSSR count). The molecule has 1 nitrogen and oxygen atoms in total. The monoisotopic (exact) mass is 418 g/mol. The summed E-state index contributed by atoms with van der Waals surface area (Å²) < 4.78 is 6.61. The summed E-state index contributed by atoms with van der Waals surface area (Å²) >= 11 is 0. The Balaban J connectivity index is 1.52. The van der Waals surface area contributed by atoms with Crippen molar-refractivity contribution >= 4 is 0 Å². The maximum Gasteiger partial charge on any atom is 0.123 e. The SMILES string of the molecule is CCc1ccc2c(c1)OC(CC(C)c1ccc3c(c1)CCCC3C(C)C)CC2C(C)C. The highest BCUT2D eigenvalue weighted by Crippen LogP contribution is 2.43. The first kappa shape index (κ1) is 22.4. The molecule has 0 saturated carbocycles. The van der Waals surface area contributed by atoms with Crippen molar-refractivity contribution in [1.82, 2.24) is 0 Å². The number of hydrogen-bond acceptors (Lipinski definition) is 1. The van der Waals surface area contributed by atoms with Gasteiger partial charge in [0.1, 0.15) is 5.75 Å². The molecule has 0 amide bonds. The minimum absolute atomic E-state index is 0.307. The lowest BCUT2D eigenvalue weighted by Crippen LogP contribution is -2.29. The fourth-order valence-corrected chi connectivity index (χ4v) is 6.02. The van der Waals surface area contributed by atoms with Crippen molar-refractivity contribution in [2.75, 3.05) is 0 Å². The highest BCUT2D eigenvalue weighted by molar-refractivity contribution is 5.42. The number of hydrogen-bond donors (Lipinski definition) is 0. The lowest BCUT2D eigenvalue weighted by atomic mass is 9.75. The van der Waals surface area contributed by atoms with Gasteiger partial charge in [-0.3, -0.25) is 0 Å². The molecule has 1 aliphatic heterocycles. The van der Waals surface area contributed by atoms with E-state index in [2.05, 4.69) is 77.9 Å². The van der Waals surface area contributed by atoms with E-state index in [4.69, 9.17) is 4.74 Å². The molecule has 2 aromatic carbocycles. The van der Waals surface area contributed by atoms with E-state index in [1.54, 1.807) is 11.1 Å². The molecule has 1 aliphatic carbocycles. The van der Waals surface area contributed by atoms with Crippen molar-refractivity contribution in [2.45, 2.75) is 104 Å². The van der Waals surface area contributed by atoms with Gasteiger partial charge in [-0.2, -0.15) is 0 Å². The lowest BCUT2D eigenvalue weighted by molar-refractivity contribution is 0.132. The van der Waals surface area contributed by atoms with Crippen molar-refractivity contribution < 1.29 is 4.74 Å². The number of fused-ring (bicyclic) bond motifs is 2. The quantitative estimate of drug-likeness (QED) is 0.457. The van der Waals surface area contributed by atoms with E-state index in [1.165, 1.54) is 36.0 Å². The van der Waals surface area contributed by atoms with Gasteiger partial charge in [-0.05, 0) is 102 Å². The Morgan fingerprint density at radius 2 is 1.65 bits per heavy atom. The minimum Gasteiger partial charge on any atom is -0.490 e. The van der Waals surface area contributed by atoms with Gasteiger partial charge in [0.15, 0.2) is 0 Å². The Morgan fingerprint density at radius 3 is 2.35 bits per heavy atom. The number of ether oxygens (including phenoxy) is 1. The number of rotatable bonds is 6. The Hall–Kier alpha value is -1.76. The van der Waals surface area contributed by atoms with E-state index >= 15 is 0 Å². The molecule has 1 heteroatoms. The van der Waals surface area contributed by atoms with Crippen LogP contribution in [-0.2, 0) is 12.8 Å². The molecule has 4 atom stereocenters. The average molecular weight is 419 g/mol. The maximum absolute atomic E-state index is 6.61. The molecule has 2 aliphatic rings. The van der Waals surface area contributed by atoms with Crippen LogP contribution in [0.25, 0.3) is 0 Å². The van der Waals surface area contributed by atoms with Crippen LogP contribution in [-0.4, -0.2) is 6.10 Å². The summed E-state index contributed by atoms with van der Waals surface area (Å²) in [6.07, 6.45) is 7.56. The first-order valence-corrected chi connectivity index (χ1v) is 12.8. The van der Waals surface area contributed by atoms with Crippen LogP contribution >= 0.6 is 0 Å². The summed E-state index contributed by atoms with van der Waals surface area (Å²) in [5.41, 5.74) is 7.53. The summed E-state index contributed by atoms with van der Waals surface area (Å²) in [4.78, 5) is 0. The molecule has 0 spiro atoms. The zero-order chi connectivity index (χ0) is 22.1. The van der Waals surface area contributed by atoms with E-state index in [0.717, 1.165) is 36.8 Å². The van der Waals surface area contributed by atoms with Crippen LogP contribution in [0.5, 0.6) is 5.75 Å². The molecule has 0 N–H and O–H groups in total. The Kier molecular flexibility index (Phi) is 6.80. The van der Waals surface area contributed by atoms with E-state index in [-0.39, 0.29) is 0 Å². The van der Waals surface area contributed by atoms with Gasteiger partial charge in [-0.1, -0.05) is 71.9 Å². The highest BCUT2D eigenvalue weighted by atomic mass is 16.5. The molecule has 2 aromatic rings. The summed E-state index contributed by atoms with van der Waals surface area (Å²) in [5.74, 6) is 4.39. The first-order chi connectivity index (χ1) is 14.9. The van der Waals surface area contributed by atoms with Gasteiger partial charge in [-0.25, -0.2) is 0 Å². The van der Waals surface area contributed by atoms with Crippen LogP contribution in [0.1, 0.15) is 113 Å². The molecule has 0 bridgehead atoms. The van der Waals surface area contributed by atoms with Crippen LogP contribution in [0, 0.1) is 11.8 Å². The van der Waals surface area contributed by atoms with Crippen LogP contribution in [0.15, 0.2) is 36.4 Å². The van der Waals surface area contributed by atoms with Crippen LogP contribution < -0.4 is 4.74 Å². The third kappa shape index (κ3) is 4.71. The van der Waals surface area contributed by atoms with Gasteiger partial charge in [-0.15, -0.1) is 0 Å². The standard InChI is InChI=1S/C30H42O/c1-7-22-11-13-28-29(20(4)5)18-25(31-30(28)16-22)15-21(6)23-12-14-27-24(17-23)9-8-10-26(27)19(2)3/h11-14,16-17,19-21,25-26,29H,7-10,15,18H2,1-6H3. The van der Waals surface area contributed by atoms with Crippen molar-refractivity contribution in [3.8, 4) is 5.75 Å². The average Bonchev–Trinajstić information content (AvgIpc) is 2.76. The third-order valence-electron chi connectivity index (χ3n) is 8.02. The van der Waals surface area contributed by atoms with Crippen molar-refractivity contribution in [1.29, 1.82) is 0 Å². The van der Waals surface area contributed by atoms with E-state index in [1.807, 2.05) is 0 Å². The van der Waals surface area contributed by atoms with Crippen molar-refractivity contribution in [2.24, 2.45) is 11.8 Å². The summed E-state index contributed by atoms with van der Waals surface area (Å²) in [6.45, 7) is 14.1. The first-order valence-electron chi connectivity index (χ1n) is 12.8. The van der Waals surface area contributed by atoms with Gasteiger partial charge >= 0.3 is 0 Å². The van der Waals surface area contributed by atoms with E-state index in [0.29, 0.717) is 23.9 Å². The molecule has 0 fully saturated rings.